The van der Waals surface area contributed by atoms with Crippen molar-refractivity contribution in [2.75, 3.05) is 0 Å². The average molecular weight is 364 g/mol. The quantitative estimate of drug-likeness (QED) is 0.723. The van der Waals surface area contributed by atoms with Crippen LogP contribution in [0.2, 0.25) is 0 Å². The van der Waals surface area contributed by atoms with E-state index < -0.39 is 12.9 Å². The maximum atomic E-state index is 13.8. The Balaban J connectivity index is 0.00000109. The Kier molecular flexibility index (Phi) is 7.10. The van der Waals surface area contributed by atoms with Crippen LogP contribution in [0.4, 0.5) is 4.39 Å². The third-order valence-electron chi connectivity index (χ3n) is 3.87. The number of hydrogen-bond acceptors (Lipinski definition) is 5. The van der Waals surface area contributed by atoms with E-state index in [4.69, 9.17) is 10.0 Å². The maximum absolute atomic E-state index is 13.8. The minimum absolute atomic E-state index is 0.0245. The summed E-state index contributed by atoms with van der Waals surface area (Å²) in [7, 11) is -1.77. The van der Waals surface area contributed by atoms with Gasteiger partial charge in [-0.2, -0.15) is 0 Å². The van der Waals surface area contributed by atoms with Crippen LogP contribution in [-0.4, -0.2) is 28.1 Å². The summed E-state index contributed by atoms with van der Waals surface area (Å²) in [5, 5.41) is 20.6. The highest BCUT2D eigenvalue weighted by atomic mass is 32.1. The van der Waals surface area contributed by atoms with Gasteiger partial charge in [-0.25, -0.2) is 4.39 Å². The normalized spacial score (nSPS) is 12.7. The summed E-state index contributed by atoms with van der Waals surface area (Å²) in [6, 6.07) is 2.92. The van der Waals surface area contributed by atoms with Crippen molar-refractivity contribution in [2.24, 2.45) is 0 Å². The predicted molar refractivity (Wildman–Crippen MR) is 97.5 cm³/mol. The molecule has 0 saturated heterocycles. The Morgan fingerprint density at radius 1 is 1.32 bits per heavy atom. The van der Waals surface area contributed by atoms with E-state index in [1.54, 1.807) is 0 Å². The molecule has 5 nitrogen and oxygen atoms in total. The largest absolute Gasteiger partial charge is 0.490 e. The van der Waals surface area contributed by atoms with Crippen LogP contribution in [0.25, 0.3) is 0 Å². The van der Waals surface area contributed by atoms with Gasteiger partial charge in [0.2, 0.25) is 0 Å². The summed E-state index contributed by atoms with van der Waals surface area (Å²) in [4.78, 5) is 17.9. The molecule has 134 valence electrons. The summed E-state index contributed by atoms with van der Waals surface area (Å²) < 4.78 is 13.8. The number of rotatable bonds is 4. The van der Waals surface area contributed by atoms with Crippen LogP contribution >= 0.6 is 11.3 Å². The molecule has 1 aliphatic carbocycles. The maximum Gasteiger partial charge on any atom is 0.490 e. The van der Waals surface area contributed by atoms with Crippen molar-refractivity contribution >= 4 is 29.8 Å². The van der Waals surface area contributed by atoms with Crippen LogP contribution in [0, 0.1) is 5.82 Å². The minimum Gasteiger partial charge on any atom is -0.423 e. The number of aryl methyl sites for hydroxylation is 2. The molecule has 0 atom stereocenters. The highest BCUT2D eigenvalue weighted by molar-refractivity contribution is 7.14. The van der Waals surface area contributed by atoms with Gasteiger partial charge in [-0.1, -0.05) is 13.8 Å². The van der Waals surface area contributed by atoms with Crippen molar-refractivity contribution in [2.45, 2.75) is 46.1 Å². The Morgan fingerprint density at radius 2 is 2.04 bits per heavy atom. The predicted octanol–water partition coefficient (Wildman–Crippen LogP) is 1.80. The monoisotopic (exact) mass is 364 g/mol. The van der Waals surface area contributed by atoms with E-state index in [2.05, 4.69) is 10.3 Å². The fourth-order valence-corrected chi connectivity index (χ4v) is 3.78. The van der Waals surface area contributed by atoms with E-state index in [9.17, 15) is 9.18 Å². The highest BCUT2D eigenvalue weighted by Gasteiger charge is 2.18. The number of halogens is 1. The number of nitrogens with one attached hydrogen (secondary N) is 1. The van der Waals surface area contributed by atoms with Gasteiger partial charge < -0.3 is 15.4 Å². The molecule has 0 aliphatic heterocycles. The lowest BCUT2D eigenvalue weighted by Crippen LogP contribution is -2.31. The number of fused-ring (bicyclic) bond motifs is 1. The molecule has 0 bridgehead atoms. The van der Waals surface area contributed by atoms with E-state index in [0.29, 0.717) is 4.88 Å². The first-order valence-corrected chi connectivity index (χ1v) is 9.26. The van der Waals surface area contributed by atoms with Crippen LogP contribution in [0.3, 0.4) is 0 Å². The average Bonchev–Trinajstić information content (AvgIpc) is 3.06. The van der Waals surface area contributed by atoms with Gasteiger partial charge in [0.1, 0.15) is 5.82 Å². The van der Waals surface area contributed by atoms with Gasteiger partial charge in [-0.3, -0.25) is 9.78 Å². The van der Waals surface area contributed by atoms with Gasteiger partial charge in [-0.15, -0.1) is 11.3 Å². The number of carbonyl (C=O) groups is 1. The minimum atomic E-state index is -1.77. The van der Waals surface area contributed by atoms with Crippen LogP contribution in [-0.2, 0) is 19.4 Å². The number of thiophene rings is 1. The molecule has 0 saturated carbocycles. The van der Waals surface area contributed by atoms with Crippen molar-refractivity contribution in [1.29, 1.82) is 0 Å². The van der Waals surface area contributed by atoms with Crippen LogP contribution in [0.5, 0.6) is 0 Å². The number of amides is 1. The lowest BCUT2D eigenvalue weighted by molar-refractivity contribution is 0.0954. The SMILES string of the molecule is CC.O=C(NCc1ncc(B(O)O)cc1F)c1cc2c(s1)CCCC2. The van der Waals surface area contributed by atoms with Crippen molar-refractivity contribution in [3.05, 3.63) is 45.2 Å². The molecule has 0 radical (unpaired) electrons. The molecule has 25 heavy (non-hydrogen) atoms. The third kappa shape index (κ3) is 4.87. The summed E-state index contributed by atoms with van der Waals surface area (Å²) in [5.74, 6) is -0.918. The van der Waals surface area contributed by atoms with Gasteiger partial charge in [0, 0.05) is 16.5 Å². The second kappa shape index (κ2) is 9.08. The zero-order valence-corrected chi connectivity index (χ0v) is 15.2. The van der Waals surface area contributed by atoms with Crippen LogP contribution in [0.1, 0.15) is 52.5 Å². The third-order valence-corrected chi connectivity index (χ3v) is 5.11. The molecular formula is C17H22BFN2O3S. The van der Waals surface area contributed by atoms with Crippen molar-refractivity contribution in [3.63, 3.8) is 0 Å². The second-order valence-corrected chi connectivity index (χ2v) is 6.66. The van der Waals surface area contributed by atoms with Gasteiger partial charge in [0.25, 0.3) is 5.91 Å². The standard InChI is InChI=1S/C15H16BFN2O3S.C2H6/c17-11-6-10(16(21)22)7-18-12(11)8-19-15(20)14-5-9-3-1-2-4-13(9)23-14;1-2/h5-7,21-22H,1-4,8H2,(H,19,20);1-2H3. The number of nitrogens with zero attached hydrogens (tertiary/aromatic N) is 1. The van der Waals surface area contributed by atoms with Crippen LogP contribution in [0.15, 0.2) is 18.3 Å². The Bertz CT molecular complexity index is 713. The number of aromatic nitrogens is 1. The summed E-state index contributed by atoms with van der Waals surface area (Å²) in [6.45, 7) is 3.95. The molecule has 0 aromatic carbocycles. The first-order valence-electron chi connectivity index (χ1n) is 8.45. The van der Waals surface area contributed by atoms with Crippen molar-refractivity contribution in [3.8, 4) is 0 Å². The molecule has 0 unspecified atom stereocenters. The van der Waals surface area contributed by atoms with Crippen molar-refractivity contribution < 1.29 is 19.2 Å². The molecule has 2 aromatic rings. The molecule has 0 spiro atoms. The van der Waals surface area contributed by atoms with E-state index in [1.165, 1.54) is 28.0 Å². The Morgan fingerprint density at radius 3 is 2.68 bits per heavy atom. The zero-order valence-electron chi connectivity index (χ0n) is 14.4. The Labute approximate surface area is 151 Å². The molecule has 0 fully saturated rings. The lowest BCUT2D eigenvalue weighted by Gasteiger charge is -2.08. The van der Waals surface area contributed by atoms with Gasteiger partial charge in [-0.05, 0) is 43.4 Å². The van der Waals surface area contributed by atoms with E-state index >= 15 is 0 Å². The number of carbonyl (C=O) groups excluding carboxylic acids is 1. The fraction of sp³-hybridized carbons (Fsp3) is 0.412. The van der Waals surface area contributed by atoms with Crippen LogP contribution < -0.4 is 10.8 Å². The molecule has 1 amide bonds. The Hall–Kier alpha value is -1.77. The summed E-state index contributed by atoms with van der Waals surface area (Å²) in [6.07, 6.45) is 5.53. The molecule has 1 aliphatic rings. The molecule has 8 heteroatoms. The summed E-state index contributed by atoms with van der Waals surface area (Å²) >= 11 is 1.50. The molecule has 3 rings (SSSR count). The fourth-order valence-electron chi connectivity index (χ4n) is 2.61. The topological polar surface area (TPSA) is 82.5 Å². The smallest absolute Gasteiger partial charge is 0.423 e. The molecule has 3 N–H and O–H groups in total. The van der Waals surface area contributed by atoms with Crippen molar-refractivity contribution in [1.82, 2.24) is 10.3 Å². The lowest BCUT2D eigenvalue weighted by atomic mass is 9.81. The van der Waals surface area contributed by atoms with E-state index in [0.717, 1.165) is 31.7 Å². The molecule has 2 aromatic heterocycles. The van der Waals surface area contributed by atoms with E-state index in [-0.39, 0.29) is 23.6 Å². The van der Waals surface area contributed by atoms with Gasteiger partial charge >= 0.3 is 7.12 Å². The zero-order chi connectivity index (χ0) is 18.4. The molecule has 2 heterocycles. The van der Waals surface area contributed by atoms with Gasteiger partial charge in [0.05, 0.1) is 17.1 Å². The molecular weight excluding hydrogens is 342 g/mol. The number of pyridine rings is 1. The highest BCUT2D eigenvalue weighted by Crippen LogP contribution is 2.29. The van der Waals surface area contributed by atoms with Gasteiger partial charge in [0.15, 0.2) is 0 Å². The number of hydrogen-bond donors (Lipinski definition) is 3. The van der Waals surface area contributed by atoms with E-state index in [1.807, 2.05) is 19.9 Å². The first kappa shape index (κ1) is 19.6. The second-order valence-electron chi connectivity index (χ2n) is 5.52. The first-order chi connectivity index (χ1) is 12.0. The summed E-state index contributed by atoms with van der Waals surface area (Å²) in [5.41, 5.74) is 1.28.